The predicted molar refractivity (Wildman–Crippen MR) is 121 cm³/mol. The van der Waals surface area contributed by atoms with Gasteiger partial charge in [-0.1, -0.05) is 89.7 Å². The van der Waals surface area contributed by atoms with Gasteiger partial charge in [0.2, 0.25) is 0 Å². The third-order valence-corrected chi connectivity index (χ3v) is 7.17. The van der Waals surface area contributed by atoms with E-state index in [0.29, 0.717) is 16.5 Å². The molecule has 3 aromatic carbocycles. The van der Waals surface area contributed by atoms with Crippen LogP contribution in [0.1, 0.15) is 33.8 Å². The highest BCUT2D eigenvalue weighted by molar-refractivity contribution is 8.27. The Labute approximate surface area is 179 Å². The number of hydrogen-bond acceptors (Lipinski definition) is 5. The number of hydrogen-bond donors (Lipinski definition) is 1. The van der Waals surface area contributed by atoms with Crippen molar-refractivity contribution in [3.8, 4) is 0 Å². The van der Waals surface area contributed by atoms with Crippen LogP contribution in [0.15, 0.2) is 95.1 Å². The van der Waals surface area contributed by atoms with Crippen LogP contribution >= 0.6 is 11.8 Å². The molecule has 0 bridgehead atoms. The summed E-state index contributed by atoms with van der Waals surface area (Å²) in [6.07, 6.45) is 1.40. The summed E-state index contributed by atoms with van der Waals surface area (Å²) in [5.41, 5.74) is 2.68. The lowest BCUT2D eigenvalue weighted by Gasteiger charge is -2.37. The maximum Gasteiger partial charge on any atom is 0.176 e. The van der Waals surface area contributed by atoms with Crippen molar-refractivity contribution in [2.45, 2.75) is 18.8 Å². The lowest BCUT2D eigenvalue weighted by molar-refractivity contribution is 0.0843. The number of fused-ring (bicyclic) bond motifs is 1. The smallest absolute Gasteiger partial charge is 0.176 e. The Morgan fingerprint density at radius 2 is 1.57 bits per heavy atom. The Kier molecular flexibility index (Phi) is 4.75. The molecule has 1 saturated heterocycles. The van der Waals surface area contributed by atoms with Gasteiger partial charge in [0.25, 0.3) is 0 Å². The molecule has 0 saturated carbocycles. The van der Waals surface area contributed by atoms with Crippen molar-refractivity contribution in [3.05, 3.63) is 102 Å². The van der Waals surface area contributed by atoms with Gasteiger partial charge in [-0.2, -0.15) is 0 Å². The number of oxime groups is 1. The van der Waals surface area contributed by atoms with Crippen LogP contribution in [-0.2, 0) is 6.42 Å². The molecule has 3 aromatic rings. The van der Waals surface area contributed by atoms with Gasteiger partial charge in [-0.05, 0) is 36.1 Å². The highest BCUT2D eigenvalue weighted by Crippen LogP contribution is 2.57. The van der Waals surface area contributed by atoms with Crippen molar-refractivity contribution in [1.82, 2.24) is 0 Å². The van der Waals surface area contributed by atoms with Gasteiger partial charge in [0, 0.05) is 5.56 Å². The van der Waals surface area contributed by atoms with Crippen LogP contribution in [-0.4, -0.2) is 21.1 Å². The minimum Gasteiger partial charge on any atom is -0.410 e. The fourth-order valence-corrected chi connectivity index (χ4v) is 5.94. The number of Topliss-reactive ketones (excluding diaryl/α,β-unsaturated/α-hetero) is 1. The Morgan fingerprint density at radius 3 is 2.30 bits per heavy atom. The Hall–Kier alpha value is -3.18. The molecule has 4 nitrogen and oxygen atoms in total. The minimum absolute atomic E-state index is 0.0547. The van der Waals surface area contributed by atoms with E-state index in [0.717, 1.165) is 28.8 Å². The normalized spacial score (nSPS) is 25.7. The summed E-state index contributed by atoms with van der Waals surface area (Å²) >= 11 is 1.32. The van der Waals surface area contributed by atoms with E-state index in [1.54, 1.807) is 0 Å². The molecule has 0 aromatic heterocycles. The second-order valence-electron chi connectivity index (χ2n) is 7.59. The second-order valence-corrected chi connectivity index (χ2v) is 8.60. The molecule has 30 heavy (non-hydrogen) atoms. The molecule has 1 fully saturated rings. The first kappa shape index (κ1) is 18.8. The molecule has 1 heterocycles. The second kappa shape index (κ2) is 7.58. The molecule has 0 amide bonds. The van der Waals surface area contributed by atoms with Crippen LogP contribution in [0.2, 0.25) is 0 Å². The summed E-state index contributed by atoms with van der Waals surface area (Å²) in [5.74, 6) is -0.309. The number of aliphatic imine (C=N–C) groups is 1. The summed E-state index contributed by atoms with van der Waals surface area (Å²) in [6, 6.07) is 27.3. The average Bonchev–Trinajstić information content (AvgIpc) is 3.11. The number of carbonyl (C=O) groups is 1. The Morgan fingerprint density at radius 1 is 0.900 bits per heavy atom. The molecule has 1 aliphatic carbocycles. The van der Waals surface area contributed by atoms with Gasteiger partial charge < -0.3 is 5.21 Å². The molecule has 0 unspecified atom stereocenters. The SMILES string of the molecule is O=C1c2ccccc2CC[C@@]12C(=Nc1ccccc1)S/C(=N\O)[C@H]2c1ccccc1. The molecule has 5 rings (SSSR count). The van der Waals surface area contributed by atoms with Crippen molar-refractivity contribution in [2.24, 2.45) is 15.6 Å². The largest absolute Gasteiger partial charge is 0.410 e. The van der Waals surface area contributed by atoms with Crippen LogP contribution in [0.3, 0.4) is 0 Å². The van der Waals surface area contributed by atoms with Gasteiger partial charge in [0.1, 0.15) is 5.04 Å². The predicted octanol–water partition coefficient (Wildman–Crippen LogP) is 5.85. The summed E-state index contributed by atoms with van der Waals surface area (Å²) in [7, 11) is 0. The topological polar surface area (TPSA) is 62.0 Å². The maximum absolute atomic E-state index is 14.1. The number of carbonyl (C=O) groups excluding carboxylic acids is 1. The van der Waals surface area contributed by atoms with Gasteiger partial charge in [-0.15, -0.1) is 0 Å². The number of nitrogens with zero attached hydrogens (tertiary/aromatic N) is 2. The van der Waals surface area contributed by atoms with Crippen molar-refractivity contribution < 1.29 is 10.0 Å². The Balaban J connectivity index is 1.75. The first-order valence-electron chi connectivity index (χ1n) is 9.96. The average molecular weight is 413 g/mol. The number of rotatable bonds is 2. The van der Waals surface area contributed by atoms with Crippen molar-refractivity contribution in [3.63, 3.8) is 0 Å². The van der Waals surface area contributed by atoms with Crippen LogP contribution in [0.25, 0.3) is 0 Å². The van der Waals surface area contributed by atoms with Gasteiger partial charge in [-0.3, -0.25) is 4.79 Å². The first-order valence-corrected chi connectivity index (χ1v) is 10.8. The van der Waals surface area contributed by atoms with Gasteiger partial charge in [-0.25, -0.2) is 4.99 Å². The van der Waals surface area contributed by atoms with Crippen molar-refractivity contribution in [2.75, 3.05) is 0 Å². The fraction of sp³-hybridized carbons (Fsp3) is 0.160. The summed E-state index contributed by atoms with van der Waals surface area (Å²) in [4.78, 5) is 19.0. The molecule has 5 heteroatoms. The van der Waals surface area contributed by atoms with E-state index in [1.165, 1.54) is 11.8 Å². The van der Waals surface area contributed by atoms with Crippen molar-refractivity contribution in [1.29, 1.82) is 0 Å². The minimum atomic E-state index is -0.877. The van der Waals surface area contributed by atoms with E-state index in [-0.39, 0.29) is 11.7 Å². The first-order chi connectivity index (χ1) is 14.7. The third kappa shape index (κ3) is 2.89. The molecule has 148 valence electrons. The van der Waals surface area contributed by atoms with Gasteiger partial charge >= 0.3 is 0 Å². The number of para-hydroxylation sites is 1. The zero-order chi connectivity index (χ0) is 20.6. The number of ketones is 1. The zero-order valence-corrected chi connectivity index (χ0v) is 17.0. The zero-order valence-electron chi connectivity index (χ0n) is 16.2. The highest BCUT2D eigenvalue weighted by Gasteiger charge is 2.59. The maximum atomic E-state index is 14.1. The van der Waals surface area contributed by atoms with Crippen LogP contribution in [0.5, 0.6) is 0 Å². The van der Waals surface area contributed by atoms with Crippen LogP contribution < -0.4 is 0 Å². The number of aryl methyl sites for hydroxylation is 1. The molecule has 2 aliphatic rings. The summed E-state index contributed by atoms with van der Waals surface area (Å²) in [5, 5.41) is 14.7. The fourth-order valence-electron chi connectivity index (χ4n) is 4.60. The molecular formula is C25H20N2O2S. The van der Waals surface area contributed by atoms with E-state index >= 15 is 0 Å². The molecule has 1 N–H and O–H groups in total. The molecule has 1 aliphatic heterocycles. The van der Waals surface area contributed by atoms with Gasteiger partial charge in [0.05, 0.1) is 22.1 Å². The van der Waals surface area contributed by atoms with E-state index in [4.69, 9.17) is 4.99 Å². The van der Waals surface area contributed by atoms with E-state index in [1.807, 2.05) is 84.9 Å². The quantitative estimate of drug-likeness (QED) is 0.424. The standard InChI is InChI=1S/C25H20N2O2S/c28-22-20-14-8-7-9-17(20)15-16-25(22)21(18-10-3-1-4-11-18)23(27-29)30-24(25)26-19-12-5-2-6-13-19/h1-14,21,29H,15-16H2/b26-24?,27-23-/t21-,25+/m1/s1. The third-order valence-electron chi connectivity index (χ3n) is 6.00. The van der Waals surface area contributed by atoms with Gasteiger partial charge in [0.15, 0.2) is 5.78 Å². The number of thioether (sulfide) groups is 1. The monoisotopic (exact) mass is 412 g/mol. The van der Waals surface area contributed by atoms with E-state index in [9.17, 15) is 10.0 Å². The number of benzene rings is 3. The van der Waals surface area contributed by atoms with Crippen LogP contribution in [0.4, 0.5) is 5.69 Å². The molecule has 1 spiro atoms. The van der Waals surface area contributed by atoms with E-state index in [2.05, 4.69) is 5.16 Å². The molecule has 2 atom stereocenters. The molecule has 0 radical (unpaired) electrons. The summed E-state index contributed by atoms with van der Waals surface area (Å²) < 4.78 is 0. The van der Waals surface area contributed by atoms with Crippen molar-refractivity contribution >= 4 is 33.3 Å². The van der Waals surface area contributed by atoms with Crippen LogP contribution in [0, 0.1) is 5.41 Å². The lowest BCUT2D eigenvalue weighted by Crippen LogP contribution is -2.44. The highest BCUT2D eigenvalue weighted by atomic mass is 32.2. The molecular weight excluding hydrogens is 392 g/mol. The lowest BCUT2D eigenvalue weighted by atomic mass is 9.62. The Bertz CT molecular complexity index is 1160. The van der Waals surface area contributed by atoms with E-state index < -0.39 is 5.41 Å². The summed E-state index contributed by atoms with van der Waals surface area (Å²) in [6.45, 7) is 0.